The smallest absolute Gasteiger partial charge is 0.335 e. The topological polar surface area (TPSA) is 73.6 Å². The van der Waals surface area contributed by atoms with Crippen molar-refractivity contribution in [1.82, 2.24) is 0 Å². The lowest BCUT2D eigenvalue weighted by Crippen LogP contribution is -2.07. The Morgan fingerprint density at radius 1 is 1.89 bits per heavy atom. The lowest BCUT2D eigenvalue weighted by Gasteiger charge is -1.77. The molecule has 1 aliphatic rings. The molecule has 0 bridgehead atoms. The first kappa shape index (κ1) is 6.05. The van der Waals surface area contributed by atoms with Gasteiger partial charge in [-0.3, -0.25) is 0 Å². The summed E-state index contributed by atoms with van der Waals surface area (Å²) in [6, 6.07) is 1.83. The number of hydrogen-bond donors (Lipinski definition) is 1. The average molecular weight is 127 g/mol. The van der Waals surface area contributed by atoms with Crippen LogP contribution in [-0.4, -0.2) is 23.3 Å². The predicted molar refractivity (Wildman–Crippen MR) is 26.5 cm³/mol. The first-order valence-electron chi connectivity index (χ1n) is 2.51. The summed E-state index contributed by atoms with van der Waals surface area (Å²) in [7, 11) is 0. The van der Waals surface area contributed by atoms with Crippen LogP contribution < -0.4 is 0 Å². The van der Waals surface area contributed by atoms with Gasteiger partial charge in [-0.15, -0.1) is 0 Å². The zero-order valence-electron chi connectivity index (χ0n) is 4.57. The van der Waals surface area contributed by atoms with Crippen LogP contribution in [0.1, 0.15) is 6.42 Å². The molecule has 0 aromatic carbocycles. The summed E-state index contributed by atoms with van der Waals surface area (Å²) in [5.41, 5.74) is 0. The Bertz CT molecular complexity index is 172. The van der Waals surface area contributed by atoms with Crippen LogP contribution in [0.5, 0.6) is 0 Å². The van der Waals surface area contributed by atoms with E-state index >= 15 is 0 Å². The molecule has 1 aliphatic heterocycles. The molecule has 4 heteroatoms. The molecule has 0 aromatic heterocycles. The second kappa shape index (κ2) is 2.03. The first-order valence-corrected chi connectivity index (χ1v) is 2.51. The van der Waals surface area contributed by atoms with E-state index in [4.69, 9.17) is 10.4 Å². The van der Waals surface area contributed by atoms with Crippen molar-refractivity contribution in [2.75, 3.05) is 0 Å². The van der Waals surface area contributed by atoms with E-state index in [1.165, 1.54) is 0 Å². The highest BCUT2D eigenvalue weighted by Gasteiger charge is 2.44. The number of carboxylic acid groups (broad SMARTS) is 1. The van der Waals surface area contributed by atoms with Crippen LogP contribution in [-0.2, 0) is 9.53 Å². The molecule has 0 spiro atoms. The molecule has 48 valence electrons. The van der Waals surface area contributed by atoms with Crippen molar-refractivity contribution in [3.05, 3.63) is 0 Å². The molecule has 1 rings (SSSR count). The van der Waals surface area contributed by atoms with E-state index in [9.17, 15) is 4.79 Å². The minimum absolute atomic E-state index is 0.178. The van der Waals surface area contributed by atoms with Gasteiger partial charge >= 0.3 is 5.97 Å². The van der Waals surface area contributed by atoms with Gasteiger partial charge in [0.05, 0.1) is 12.5 Å². The summed E-state index contributed by atoms with van der Waals surface area (Å²) in [6.07, 6.45) is -0.895. The van der Waals surface area contributed by atoms with Gasteiger partial charge in [-0.25, -0.2) is 4.79 Å². The van der Waals surface area contributed by atoms with Crippen LogP contribution in [0.15, 0.2) is 0 Å². The fraction of sp³-hybridized carbons (Fsp3) is 0.600. The molecule has 1 saturated heterocycles. The zero-order valence-corrected chi connectivity index (χ0v) is 4.57. The Labute approximate surface area is 51.7 Å². The number of aliphatic carboxylic acids is 1. The van der Waals surface area contributed by atoms with Gasteiger partial charge in [-0.2, -0.15) is 5.26 Å². The lowest BCUT2D eigenvalue weighted by molar-refractivity contribution is -0.138. The standard InChI is InChI=1S/C5H5NO3/c6-2-1-3-4(9-3)5(7)8/h3-4H,1H2,(H,7,8). The number of nitriles is 1. The molecule has 1 fully saturated rings. The molecule has 2 unspecified atom stereocenters. The van der Waals surface area contributed by atoms with Crippen molar-refractivity contribution in [2.45, 2.75) is 18.6 Å². The third kappa shape index (κ3) is 1.18. The molecular weight excluding hydrogens is 122 g/mol. The van der Waals surface area contributed by atoms with E-state index in [1.54, 1.807) is 0 Å². The van der Waals surface area contributed by atoms with Gasteiger partial charge in [0, 0.05) is 0 Å². The van der Waals surface area contributed by atoms with E-state index < -0.39 is 12.1 Å². The van der Waals surface area contributed by atoms with Gasteiger partial charge in [-0.05, 0) is 0 Å². The third-order valence-electron chi connectivity index (χ3n) is 1.12. The maximum Gasteiger partial charge on any atom is 0.335 e. The Kier molecular flexibility index (Phi) is 1.37. The summed E-state index contributed by atoms with van der Waals surface area (Å²) in [4.78, 5) is 10.0. The molecule has 9 heavy (non-hydrogen) atoms. The zero-order chi connectivity index (χ0) is 6.85. The van der Waals surface area contributed by atoms with Gasteiger partial charge in [0.15, 0.2) is 6.10 Å². The van der Waals surface area contributed by atoms with E-state index in [-0.39, 0.29) is 12.5 Å². The Balaban J connectivity index is 2.27. The van der Waals surface area contributed by atoms with Crippen molar-refractivity contribution in [3.63, 3.8) is 0 Å². The normalized spacial score (nSPS) is 31.0. The molecule has 1 N–H and O–H groups in total. The molecule has 0 amide bonds. The van der Waals surface area contributed by atoms with E-state index in [0.29, 0.717) is 0 Å². The van der Waals surface area contributed by atoms with Crippen LogP contribution >= 0.6 is 0 Å². The van der Waals surface area contributed by atoms with Crippen molar-refractivity contribution < 1.29 is 14.6 Å². The predicted octanol–water partition coefficient (Wildman–Crippen LogP) is -0.248. The minimum Gasteiger partial charge on any atom is -0.479 e. The SMILES string of the molecule is N#CCC1OC1C(=O)O. The second-order valence-corrected chi connectivity index (χ2v) is 1.80. The number of hydrogen-bond acceptors (Lipinski definition) is 3. The Morgan fingerprint density at radius 3 is 2.89 bits per heavy atom. The third-order valence-corrected chi connectivity index (χ3v) is 1.12. The van der Waals surface area contributed by atoms with Gasteiger partial charge < -0.3 is 9.84 Å². The molecule has 4 nitrogen and oxygen atoms in total. The highest BCUT2D eigenvalue weighted by molar-refractivity contribution is 5.75. The molecule has 0 saturated carbocycles. The summed E-state index contributed by atoms with van der Waals surface area (Å²) >= 11 is 0. The monoisotopic (exact) mass is 127 g/mol. The van der Waals surface area contributed by atoms with Crippen molar-refractivity contribution in [3.8, 4) is 6.07 Å². The summed E-state index contributed by atoms with van der Waals surface area (Å²) in [5.74, 6) is -0.977. The average Bonchev–Trinajstić information content (AvgIpc) is 2.47. The van der Waals surface area contributed by atoms with Gasteiger partial charge in [0.2, 0.25) is 0 Å². The molecule has 0 radical (unpaired) electrons. The number of ether oxygens (including phenoxy) is 1. The number of carbonyl (C=O) groups is 1. The number of carboxylic acids is 1. The molecule has 2 atom stereocenters. The van der Waals surface area contributed by atoms with Crippen LogP contribution in [0.2, 0.25) is 0 Å². The molecule has 1 heterocycles. The van der Waals surface area contributed by atoms with Crippen LogP contribution in [0.4, 0.5) is 0 Å². The number of rotatable bonds is 2. The lowest BCUT2D eigenvalue weighted by atomic mass is 10.2. The minimum atomic E-state index is -0.977. The summed E-state index contributed by atoms with van der Waals surface area (Å²) < 4.78 is 4.60. The first-order chi connectivity index (χ1) is 4.25. The van der Waals surface area contributed by atoms with Gasteiger partial charge in [-0.1, -0.05) is 0 Å². The second-order valence-electron chi connectivity index (χ2n) is 1.80. The van der Waals surface area contributed by atoms with Crippen molar-refractivity contribution in [1.29, 1.82) is 5.26 Å². The van der Waals surface area contributed by atoms with E-state index in [2.05, 4.69) is 4.74 Å². The van der Waals surface area contributed by atoms with Gasteiger partial charge in [0.1, 0.15) is 6.10 Å². The number of nitrogens with zero attached hydrogens (tertiary/aromatic N) is 1. The van der Waals surface area contributed by atoms with Crippen molar-refractivity contribution in [2.24, 2.45) is 0 Å². The fourth-order valence-electron chi connectivity index (χ4n) is 0.605. The van der Waals surface area contributed by atoms with E-state index in [0.717, 1.165) is 0 Å². The maximum atomic E-state index is 10.0. The molecule has 0 aliphatic carbocycles. The highest BCUT2D eigenvalue weighted by atomic mass is 16.6. The van der Waals surface area contributed by atoms with Crippen LogP contribution in [0.3, 0.4) is 0 Å². The molecular formula is C5H5NO3. The highest BCUT2D eigenvalue weighted by Crippen LogP contribution is 2.24. The fourth-order valence-corrected chi connectivity index (χ4v) is 0.605. The van der Waals surface area contributed by atoms with E-state index in [1.807, 2.05) is 6.07 Å². The number of epoxide rings is 1. The summed E-state index contributed by atoms with van der Waals surface area (Å²) in [5, 5.41) is 16.3. The molecule has 0 aromatic rings. The quantitative estimate of drug-likeness (QED) is 0.519. The Morgan fingerprint density at radius 2 is 2.56 bits per heavy atom. The van der Waals surface area contributed by atoms with Gasteiger partial charge in [0.25, 0.3) is 0 Å². The van der Waals surface area contributed by atoms with Crippen molar-refractivity contribution >= 4 is 5.97 Å². The summed E-state index contributed by atoms with van der Waals surface area (Å²) in [6.45, 7) is 0. The van der Waals surface area contributed by atoms with Crippen LogP contribution in [0.25, 0.3) is 0 Å². The largest absolute Gasteiger partial charge is 0.479 e. The Hall–Kier alpha value is -1.08. The van der Waals surface area contributed by atoms with Crippen LogP contribution in [0, 0.1) is 11.3 Å². The maximum absolute atomic E-state index is 10.0.